The molecule has 5 rings (SSSR count). The molecule has 3 aromatic heterocycles. The first kappa shape index (κ1) is 17.8. The first-order valence-electron chi connectivity index (χ1n) is 9.12. The quantitative estimate of drug-likeness (QED) is 0.551. The molecule has 9 heteroatoms. The molecule has 29 heavy (non-hydrogen) atoms. The Morgan fingerprint density at radius 2 is 2.03 bits per heavy atom. The fraction of sp³-hybridized carbons (Fsp3) is 0.200. The molecule has 0 amide bonds. The fourth-order valence-corrected chi connectivity index (χ4v) is 3.50. The van der Waals surface area contributed by atoms with E-state index in [1.165, 1.54) is 0 Å². The molecule has 1 aromatic carbocycles. The van der Waals surface area contributed by atoms with Gasteiger partial charge in [0.05, 0.1) is 24.1 Å². The third-order valence-electron chi connectivity index (χ3n) is 4.83. The summed E-state index contributed by atoms with van der Waals surface area (Å²) in [5.74, 6) is 2.01. The summed E-state index contributed by atoms with van der Waals surface area (Å²) >= 11 is 5.92. The van der Waals surface area contributed by atoms with E-state index in [-0.39, 0.29) is 5.56 Å². The zero-order chi connectivity index (χ0) is 19.8. The van der Waals surface area contributed by atoms with Gasteiger partial charge in [-0.05, 0) is 36.4 Å². The molecule has 146 valence electrons. The Morgan fingerprint density at radius 1 is 1.17 bits per heavy atom. The number of hydrogen-bond donors (Lipinski definition) is 1. The lowest BCUT2D eigenvalue weighted by molar-refractivity contribution is 0.208. The number of H-pyrrole nitrogens is 1. The largest absolute Gasteiger partial charge is 0.461 e. The first-order valence-corrected chi connectivity index (χ1v) is 9.50. The number of nitrogens with one attached hydrogen (secondary N) is 1. The summed E-state index contributed by atoms with van der Waals surface area (Å²) in [5.41, 5.74) is 2.13. The zero-order valence-corrected chi connectivity index (χ0v) is 16.0. The van der Waals surface area contributed by atoms with Gasteiger partial charge in [0.2, 0.25) is 11.7 Å². The molecular weight excluding hydrogens is 394 g/mol. The summed E-state index contributed by atoms with van der Waals surface area (Å²) in [4.78, 5) is 26.5. The Kier molecular flexibility index (Phi) is 4.49. The van der Waals surface area contributed by atoms with Crippen molar-refractivity contribution in [3.63, 3.8) is 0 Å². The highest BCUT2D eigenvalue weighted by Gasteiger charge is 2.23. The van der Waals surface area contributed by atoms with Crippen LogP contribution in [-0.2, 0) is 19.5 Å². The van der Waals surface area contributed by atoms with E-state index in [1.807, 2.05) is 12.1 Å². The molecule has 1 N–H and O–H groups in total. The second kappa shape index (κ2) is 7.31. The van der Waals surface area contributed by atoms with Gasteiger partial charge in [0.15, 0.2) is 11.6 Å². The molecular formula is C20H16ClN5O3. The van der Waals surface area contributed by atoms with E-state index in [2.05, 4.69) is 25.0 Å². The third kappa shape index (κ3) is 3.59. The predicted octanol–water partition coefficient (Wildman–Crippen LogP) is 3.29. The van der Waals surface area contributed by atoms with E-state index in [0.29, 0.717) is 53.4 Å². The molecule has 8 nitrogen and oxygen atoms in total. The number of rotatable bonds is 4. The van der Waals surface area contributed by atoms with Gasteiger partial charge in [-0.25, -0.2) is 4.98 Å². The normalized spacial score (nSPS) is 14.1. The fourth-order valence-electron chi connectivity index (χ4n) is 3.37. The van der Waals surface area contributed by atoms with E-state index >= 15 is 0 Å². The summed E-state index contributed by atoms with van der Waals surface area (Å²) in [5, 5.41) is 4.69. The van der Waals surface area contributed by atoms with Crippen LogP contribution < -0.4 is 5.56 Å². The number of furan rings is 1. The van der Waals surface area contributed by atoms with Crippen LogP contribution in [0.2, 0.25) is 5.02 Å². The maximum Gasteiger partial charge on any atom is 0.256 e. The van der Waals surface area contributed by atoms with Crippen molar-refractivity contribution in [1.82, 2.24) is 25.0 Å². The Morgan fingerprint density at radius 3 is 2.83 bits per heavy atom. The summed E-state index contributed by atoms with van der Waals surface area (Å²) in [6.07, 6.45) is 2.21. The van der Waals surface area contributed by atoms with Crippen LogP contribution in [0.5, 0.6) is 0 Å². The van der Waals surface area contributed by atoms with Crippen molar-refractivity contribution < 1.29 is 8.94 Å². The van der Waals surface area contributed by atoms with Gasteiger partial charge in [0.1, 0.15) is 0 Å². The van der Waals surface area contributed by atoms with Crippen LogP contribution in [0.15, 0.2) is 56.4 Å². The second-order valence-corrected chi connectivity index (χ2v) is 7.23. The zero-order valence-electron chi connectivity index (χ0n) is 15.3. The number of hydrogen-bond acceptors (Lipinski definition) is 7. The van der Waals surface area contributed by atoms with Crippen molar-refractivity contribution in [2.24, 2.45) is 0 Å². The van der Waals surface area contributed by atoms with Crippen LogP contribution in [0.25, 0.3) is 23.0 Å². The standard InChI is InChI=1S/C20H16ClN5O3/c21-13-5-3-12(4-6-13)18-23-17(29-25-18)11-26-8-7-15-14(10-26)20(27)24-19(22-15)16-2-1-9-28-16/h1-6,9H,7-8,10-11H2,(H,22,24,27). The number of benzene rings is 1. The Hall–Kier alpha value is -3.23. The minimum atomic E-state index is -0.154. The van der Waals surface area contributed by atoms with Crippen molar-refractivity contribution in [3.8, 4) is 23.0 Å². The van der Waals surface area contributed by atoms with Gasteiger partial charge < -0.3 is 13.9 Å². The molecule has 0 saturated heterocycles. The summed E-state index contributed by atoms with van der Waals surface area (Å²) in [7, 11) is 0. The van der Waals surface area contributed by atoms with Gasteiger partial charge in [0.25, 0.3) is 5.56 Å². The molecule has 4 aromatic rings. The first-order chi connectivity index (χ1) is 14.2. The van der Waals surface area contributed by atoms with E-state index in [1.54, 1.807) is 30.5 Å². The van der Waals surface area contributed by atoms with Crippen molar-refractivity contribution in [2.45, 2.75) is 19.5 Å². The summed E-state index contributed by atoms with van der Waals surface area (Å²) in [6.45, 7) is 1.66. The SMILES string of the molecule is O=c1[nH]c(-c2ccco2)nc2c1CN(Cc1nc(-c3ccc(Cl)cc3)no1)CC2. The number of aromatic nitrogens is 4. The van der Waals surface area contributed by atoms with Crippen molar-refractivity contribution in [2.75, 3.05) is 6.54 Å². The van der Waals surface area contributed by atoms with E-state index < -0.39 is 0 Å². The molecule has 0 spiro atoms. The minimum Gasteiger partial charge on any atom is -0.461 e. The molecule has 0 unspecified atom stereocenters. The molecule has 1 aliphatic heterocycles. The van der Waals surface area contributed by atoms with Gasteiger partial charge in [-0.3, -0.25) is 9.69 Å². The van der Waals surface area contributed by atoms with Crippen LogP contribution in [0.1, 0.15) is 17.1 Å². The van der Waals surface area contributed by atoms with Crippen molar-refractivity contribution in [3.05, 3.63) is 75.2 Å². The lowest BCUT2D eigenvalue weighted by atomic mass is 10.1. The maximum absolute atomic E-state index is 12.6. The van der Waals surface area contributed by atoms with Crippen LogP contribution in [-0.4, -0.2) is 31.6 Å². The van der Waals surface area contributed by atoms with Crippen molar-refractivity contribution in [1.29, 1.82) is 0 Å². The van der Waals surface area contributed by atoms with Crippen LogP contribution >= 0.6 is 11.6 Å². The molecule has 0 bridgehead atoms. The molecule has 0 saturated carbocycles. The topological polar surface area (TPSA) is 101 Å². The van der Waals surface area contributed by atoms with Crippen LogP contribution in [0.4, 0.5) is 0 Å². The van der Waals surface area contributed by atoms with Gasteiger partial charge in [-0.1, -0.05) is 16.8 Å². The smallest absolute Gasteiger partial charge is 0.256 e. The number of aromatic amines is 1. The van der Waals surface area contributed by atoms with Gasteiger partial charge in [0, 0.05) is 30.1 Å². The average Bonchev–Trinajstić information content (AvgIpc) is 3.41. The highest BCUT2D eigenvalue weighted by atomic mass is 35.5. The van der Waals surface area contributed by atoms with E-state index in [9.17, 15) is 4.79 Å². The second-order valence-electron chi connectivity index (χ2n) is 6.80. The molecule has 0 radical (unpaired) electrons. The number of fused-ring (bicyclic) bond motifs is 1. The predicted molar refractivity (Wildman–Crippen MR) is 105 cm³/mol. The highest BCUT2D eigenvalue weighted by molar-refractivity contribution is 6.30. The highest BCUT2D eigenvalue weighted by Crippen LogP contribution is 2.22. The Labute approximate surface area is 170 Å². The van der Waals surface area contributed by atoms with Crippen LogP contribution in [0, 0.1) is 0 Å². The molecule has 0 atom stereocenters. The lowest BCUT2D eigenvalue weighted by Crippen LogP contribution is -2.35. The Bertz CT molecular complexity index is 1200. The molecule has 1 aliphatic rings. The van der Waals surface area contributed by atoms with Gasteiger partial charge in [-0.2, -0.15) is 4.98 Å². The summed E-state index contributed by atoms with van der Waals surface area (Å²) in [6, 6.07) is 10.8. The maximum atomic E-state index is 12.6. The monoisotopic (exact) mass is 409 g/mol. The Balaban J connectivity index is 1.33. The minimum absolute atomic E-state index is 0.154. The molecule has 4 heterocycles. The van der Waals surface area contributed by atoms with Gasteiger partial charge >= 0.3 is 0 Å². The van der Waals surface area contributed by atoms with Gasteiger partial charge in [-0.15, -0.1) is 0 Å². The molecule has 0 aliphatic carbocycles. The summed E-state index contributed by atoms with van der Waals surface area (Å²) < 4.78 is 10.7. The average molecular weight is 410 g/mol. The van der Waals surface area contributed by atoms with E-state index in [0.717, 1.165) is 17.8 Å². The number of halogens is 1. The lowest BCUT2D eigenvalue weighted by Gasteiger charge is -2.26. The van der Waals surface area contributed by atoms with Crippen LogP contribution in [0.3, 0.4) is 0 Å². The van der Waals surface area contributed by atoms with Crippen molar-refractivity contribution >= 4 is 11.6 Å². The molecule has 0 fully saturated rings. The van der Waals surface area contributed by atoms with E-state index in [4.69, 9.17) is 20.5 Å². The third-order valence-corrected chi connectivity index (χ3v) is 5.08. The number of nitrogens with zero attached hydrogens (tertiary/aromatic N) is 4.